The smallest absolute Gasteiger partial charge is 0.216 e. The van der Waals surface area contributed by atoms with Gasteiger partial charge < -0.3 is 10.2 Å². The van der Waals surface area contributed by atoms with Crippen LogP contribution in [0.15, 0.2) is 6.20 Å². The lowest BCUT2D eigenvalue weighted by Gasteiger charge is -2.34. The summed E-state index contributed by atoms with van der Waals surface area (Å²) in [6.07, 6.45) is 9.08. The molecule has 1 saturated carbocycles. The molecular weight excluding hydrogens is 328 g/mol. The number of aryl methyl sites for hydroxylation is 1. The number of aromatic nitrogens is 4. The maximum absolute atomic E-state index is 11.3. The molecule has 0 aromatic carbocycles. The molecule has 26 heavy (non-hydrogen) atoms. The van der Waals surface area contributed by atoms with Gasteiger partial charge in [-0.1, -0.05) is 12.8 Å². The van der Waals surface area contributed by atoms with E-state index in [1.165, 1.54) is 25.7 Å². The summed E-state index contributed by atoms with van der Waals surface area (Å²) in [7, 11) is 1.95. The van der Waals surface area contributed by atoms with E-state index in [2.05, 4.69) is 15.3 Å². The highest BCUT2D eigenvalue weighted by Crippen LogP contribution is 2.35. The normalized spacial score (nSPS) is 21.5. The van der Waals surface area contributed by atoms with E-state index in [0.717, 1.165) is 55.2 Å². The zero-order chi connectivity index (χ0) is 18.1. The number of nitrogens with one attached hydrogen (secondary N) is 1. The maximum Gasteiger partial charge on any atom is 0.216 e. The fraction of sp³-hybridized carbons (Fsp3) is 0.684. The minimum Gasteiger partial charge on any atom is -0.356 e. The molecule has 3 heterocycles. The summed E-state index contributed by atoms with van der Waals surface area (Å²) in [5.74, 6) is 3.00. The molecule has 7 heteroatoms. The molecule has 0 radical (unpaired) electrons. The van der Waals surface area contributed by atoms with E-state index in [1.54, 1.807) is 6.92 Å². The first kappa shape index (κ1) is 17.2. The molecule has 1 saturated heterocycles. The molecule has 2 aromatic rings. The summed E-state index contributed by atoms with van der Waals surface area (Å²) >= 11 is 0. The molecule has 1 aliphatic heterocycles. The van der Waals surface area contributed by atoms with Crippen molar-refractivity contribution in [1.29, 1.82) is 0 Å². The summed E-state index contributed by atoms with van der Waals surface area (Å²) in [5, 5.41) is 8.43. The SMILES string of the molecule is CC(=O)NC[C@H]1CCCN(c2nc(C3CCCC3)nc3c2cnn3C)C1. The van der Waals surface area contributed by atoms with Gasteiger partial charge in [0.15, 0.2) is 5.65 Å². The summed E-state index contributed by atoms with van der Waals surface area (Å²) in [5.41, 5.74) is 0.931. The Morgan fingerprint density at radius 3 is 2.81 bits per heavy atom. The number of amides is 1. The molecule has 0 spiro atoms. The van der Waals surface area contributed by atoms with Gasteiger partial charge >= 0.3 is 0 Å². The molecule has 2 fully saturated rings. The number of hydrogen-bond donors (Lipinski definition) is 1. The summed E-state index contributed by atoms with van der Waals surface area (Å²) in [4.78, 5) is 23.5. The van der Waals surface area contributed by atoms with Gasteiger partial charge in [-0.15, -0.1) is 0 Å². The third-order valence-electron chi connectivity index (χ3n) is 5.77. The summed E-state index contributed by atoms with van der Waals surface area (Å²) in [6, 6.07) is 0. The van der Waals surface area contributed by atoms with E-state index in [0.29, 0.717) is 11.8 Å². The number of carbonyl (C=O) groups is 1. The molecular formula is C19H28N6O. The highest BCUT2D eigenvalue weighted by atomic mass is 16.1. The molecule has 1 aliphatic carbocycles. The van der Waals surface area contributed by atoms with Gasteiger partial charge in [-0.3, -0.25) is 9.48 Å². The van der Waals surface area contributed by atoms with Gasteiger partial charge in [-0.25, -0.2) is 9.97 Å². The van der Waals surface area contributed by atoms with Crippen LogP contribution in [-0.2, 0) is 11.8 Å². The van der Waals surface area contributed by atoms with Crippen LogP contribution in [0.25, 0.3) is 11.0 Å². The van der Waals surface area contributed by atoms with E-state index in [9.17, 15) is 4.79 Å². The van der Waals surface area contributed by atoms with Crippen LogP contribution in [0.1, 0.15) is 57.2 Å². The van der Waals surface area contributed by atoms with Crippen molar-refractivity contribution in [2.75, 3.05) is 24.5 Å². The lowest BCUT2D eigenvalue weighted by atomic mass is 9.97. The van der Waals surface area contributed by atoms with Crippen LogP contribution in [0.5, 0.6) is 0 Å². The quantitative estimate of drug-likeness (QED) is 0.910. The van der Waals surface area contributed by atoms with Crippen LogP contribution in [-0.4, -0.2) is 45.3 Å². The third-order valence-corrected chi connectivity index (χ3v) is 5.77. The summed E-state index contributed by atoms with van der Waals surface area (Å²) in [6.45, 7) is 4.24. The molecule has 4 rings (SSSR count). The minimum absolute atomic E-state index is 0.0438. The Bertz CT molecular complexity index is 795. The first-order valence-corrected chi connectivity index (χ1v) is 9.81. The van der Waals surface area contributed by atoms with Crippen LogP contribution in [0.3, 0.4) is 0 Å². The third kappa shape index (κ3) is 3.39. The van der Waals surface area contributed by atoms with Crippen molar-refractivity contribution in [3.63, 3.8) is 0 Å². The van der Waals surface area contributed by atoms with E-state index < -0.39 is 0 Å². The second-order valence-corrected chi connectivity index (χ2v) is 7.78. The van der Waals surface area contributed by atoms with Gasteiger partial charge in [0.05, 0.1) is 11.6 Å². The predicted molar refractivity (Wildman–Crippen MR) is 101 cm³/mol. The molecule has 140 valence electrons. The van der Waals surface area contributed by atoms with Crippen LogP contribution < -0.4 is 10.2 Å². The number of anilines is 1. The number of hydrogen-bond acceptors (Lipinski definition) is 5. The van der Waals surface area contributed by atoms with Gasteiger partial charge in [0.2, 0.25) is 5.91 Å². The highest BCUT2D eigenvalue weighted by molar-refractivity contribution is 5.87. The first-order chi connectivity index (χ1) is 12.6. The van der Waals surface area contributed by atoms with Crippen molar-refractivity contribution >= 4 is 22.8 Å². The molecule has 2 aromatic heterocycles. The lowest BCUT2D eigenvalue weighted by Crippen LogP contribution is -2.41. The van der Waals surface area contributed by atoms with Gasteiger partial charge in [0, 0.05) is 39.5 Å². The first-order valence-electron chi connectivity index (χ1n) is 9.81. The van der Waals surface area contributed by atoms with Crippen LogP contribution in [0, 0.1) is 5.92 Å². The maximum atomic E-state index is 11.3. The Balaban J connectivity index is 1.64. The average molecular weight is 356 g/mol. The molecule has 1 amide bonds. The minimum atomic E-state index is 0.0438. The lowest BCUT2D eigenvalue weighted by molar-refractivity contribution is -0.119. The number of fused-ring (bicyclic) bond motifs is 1. The number of carbonyl (C=O) groups excluding carboxylic acids is 1. The van der Waals surface area contributed by atoms with Crippen molar-refractivity contribution in [1.82, 2.24) is 25.1 Å². The second-order valence-electron chi connectivity index (χ2n) is 7.78. The molecule has 0 bridgehead atoms. The monoisotopic (exact) mass is 356 g/mol. The van der Waals surface area contributed by atoms with E-state index in [4.69, 9.17) is 9.97 Å². The zero-order valence-electron chi connectivity index (χ0n) is 15.7. The van der Waals surface area contributed by atoms with Crippen LogP contribution in [0.2, 0.25) is 0 Å². The molecule has 0 unspecified atom stereocenters. The average Bonchev–Trinajstić information content (AvgIpc) is 3.30. The molecule has 1 N–H and O–H groups in total. The van der Waals surface area contributed by atoms with Crippen molar-refractivity contribution < 1.29 is 4.79 Å². The molecule has 1 atom stereocenters. The van der Waals surface area contributed by atoms with Gasteiger partial charge in [-0.05, 0) is 31.6 Å². The van der Waals surface area contributed by atoms with Crippen LogP contribution >= 0.6 is 0 Å². The Morgan fingerprint density at radius 2 is 2.04 bits per heavy atom. The van der Waals surface area contributed by atoms with Crippen molar-refractivity contribution in [2.24, 2.45) is 13.0 Å². The Kier molecular flexibility index (Phi) is 4.78. The second kappa shape index (κ2) is 7.21. The number of rotatable bonds is 4. The predicted octanol–water partition coefficient (Wildman–Crippen LogP) is 2.37. The van der Waals surface area contributed by atoms with E-state index in [1.807, 2.05) is 17.9 Å². The van der Waals surface area contributed by atoms with Crippen molar-refractivity contribution in [3.8, 4) is 0 Å². The highest BCUT2D eigenvalue weighted by Gasteiger charge is 2.27. The topological polar surface area (TPSA) is 75.9 Å². The zero-order valence-corrected chi connectivity index (χ0v) is 15.7. The van der Waals surface area contributed by atoms with Crippen molar-refractivity contribution in [2.45, 2.75) is 51.4 Å². The Labute approximate surface area is 154 Å². The van der Waals surface area contributed by atoms with E-state index in [-0.39, 0.29) is 5.91 Å². The fourth-order valence-corrected chi connectivity index (χ4v) is 4.34. The fourth-order valence-electron chi connectivity index (χ4n) is 4.34. The Hall–Kier alpha value is -2.18. The number of nitrogens with zero attached hydrogens (tertiary/aromatic N) is 5. The van der Waals surface area contributed by atoms with Gasteiger partial charge in [0.1, 0.15) is 11.6 Å². The Morgan fingerprint density at radius 1 is 1.23 bits per heavy atom. The summed E-state index contributed by atoms with van der Waals surface area (Å²) < 4.78 is 1.86. The van der Waals surface area contributed by atoms with Crippen LogP contribution in [0.4, 0.5) is 5.82 Å². The van der Waals surface area contributed by atoms with E-state index >= 15 is 0 Å². The van der Waals surface area contributed by atoms with Gasteiger partial charge in [-0.2, -0.15) is 5.10 Å². The number of piperidine rings is 1. The molecule has 2 aliphatic rings. The largest absolute Gasteiger partial charge is 0.356 e. The standard InChI is InChI=1S/C19H28N6O/c1-13(26)20-10-14-6-5-9-25(12-14)19-16-11-21-24(2)18(16)22-17(23-19)15-7-3-4-8-15/h11,14-15H,3-10,12H2,1-2H3,(H,20,26)/t14-/m1/s1. The molecule has 7 nitrogen and oxygen atoms in total. The van der Waals surface area contributed by atoms with Gasteiger partial charge in [0.25, 0.3) is 0 Å². The van der Waals surface area contributed by atoms with Crippen molar-refractivity contribution in [3.05, 3.63) is 12.0 Å².